The molecule has 2 atom stereocenters. The van der Waals surface area contributed by atoms with Crippen LogP contribution in [0.15, 0.2) is 66.7 Å². The molecule has 148 valence electrons. The highest BCUT2D eigenvalue weighted by Gasteiger charge is 2.20. The minimum Gasteiger partial charge on any atom is -0.465 e. The van der Waals surface area contributed by atoms with Gasteiger partial charge in [0.05, 0.1) is 0 Å². The third-order valence-electron chi connectivity index (χ3n) is 5.67. The second-order valence-corrected chi connectivity index (χ2v) is 7.80. The van der Waals surface area contributed by atoms with E-state index in [1.54, 1.807) is 0 Å². The molecule has 1 aliphatic rings. The minimum atomic E-state index is -0.292. The van der Waals surface area contributed by atoms with Crippen molar-refractivity contribution < 1.29 is 14.2 Å². The first-order valence-electron chi connectivity index (χ1n) is 10.6. The Morgan fingerprint density at radius 1 is 0.828 bits per heavy atom. The number of rotatable bonds is 5. The SMILES string of the molecule is CCC(Oc1ccc2cc3cc4ccccc4cc3cc2c1)OC1CCCCO1. The van der Waals surface area contributed by atoms with Gasteiger partial charge < -0.3 is 14.2 Å². The molecule has 3 nitrogen and oxygen atoms in total. The van der Waals surface area contributed by atoms with Gasteiger partial charge in [-0.25, -0.2) is 0 Å². The average molecular weight is 386 g/mol. The first kappa shape index (κ1) is 18.4. The van der Waals surface area contributed by atoms with E-state index >= 15 is 0 Å². The molecule has 0 aliphatic carbocycles. The van der Waals surface area contributed by atoms with Gasteiger partial charge in [-0.2, -0.15) is 0 Å². The summed E-state index contributed by atoms with van der Waals surface area (Å²) in [5, 5.41) is 7.42. The molecule has 0 bridgehead atoms. The van der Waals surface area contributed by atoms with Gasteiger partial charge in [0.2, 0.25) is 6.29 Å². The molecule has 2 unspecified atom stereocenters. The van der Waals surface area contributed by atoms with E-state index in [9.17, 15) is 0 Å². The normalized spacial score (nSPS) is 18.3. The minimum absolute atomic E-state index is 0.147. The lowest BCUT2D eigenvalue weighted by molar-refractivity contribution is -0.231. The van der Waals surface area contributed by atoms with E-state index in [-0.39, 0.29) is 12.6 Å². The smallest absolute Gasteiger partial charge is 0.202 e. The van der Waals surface area contributed by atoms with Crippen molar-refractivity contribution in [3.8, 4) is 5.75 Å². The maximum atomic E-state index is 6.15. The van der Waals surface area contributed by atoms with E-state index in [0.29, 0.717) is 0 Å². The van der Waals surface area contributed by atoms with Crippen molar-refractivity contribution in [2.45, 2.75) is 45.2 Å². The Labute approximate surface area is 171 Å². The molecule has 1 saturated heterocycles. The molecular formula is C26H26O3. The highest BCUT2D eigenvalue weighted by molar-refractivity contribution is 6.04. The number of fused-ring (bicyclic) bond motifs is 3. The van der Waals surface area contributed by atoms with Crippen molar-refractivity contribution in [1.82, 2.24) is 0 Å². The van der Waals surface area contributed by atoms with Gasteiger partial charge in [-0.15, -0.1) is 0 Å². The number of ether oxygens (including phenoxy) is 3. The summed E-state index contributed by atoms with van der Waals surface area (Å²) in [6, 6.07) is 23.8. The predicted molar refractivity (Wildman–Crippen MR) is 118 cm³/mol. The lowest BCUT2D eigenvalue weighted by atomic mass is 10.00. The first-order valence-corrected chi connectivity index (χ1v) is 10.6. The van der Waals surface area contributed by atoms with Gasteiger partial charge in [0.1, 0.15) is 5.75 Å². The zero-order valence-electron chi connectivity index (χ0n) is 16.8. The van der Waals surface area contributed by atoms with Crippen LogP contribution in [0.2, 0.25) is 0 Å². The maximum Gasteiger partial charge on any atom is 0.202 e. The van der Waals surface area contributed by atoms with E-state index in [1.807, 2.05) is 6.07 Å². The fourth-order valence-electron chi connectivity index (χ4n) is 4.09. The molecule has 4 aromatic carbocycles. The summed E-state index contributed by atoms with van der Waals surface area (Å²) in [5.74, 6) is 0.834. The van der Waals surface area contributed by atoms with Crippen LogP contribution < -0.4 is 4.74 Å². The van der Waals surface area contributed by atoms with Gasteiger partial charge in [0.15, 0.2) is 6.29 Å². The zero-order chi connectivity index (χ0) is 19.6. The van der Waals surface area contributed by atoms with Crippen molar-refractivity contribution in [2.75, 3.05) is 6.61 Å². The highest BCUT2D eigenvalue weighted by Crippen LogP contribution is 2.30. The quantitative estimate of drug-likeness (QED) is 0.279. The molecule has 3 heteroatoms. The van der Waals surface area contributed by atoms with E-state index < -0.39 is 0 Å². The van der Waals surface area contributed by atoms with Crippen LogP contribution in [-0.2, 0) is 9.47 Å². The lowest BCUT2D eigenvalue weighted by Crippen LogP contribution is -2.30. The Morgan fingerprint density at radius 3 is 2.14 bits per heavy atom. The summed E-state index contributed by atoms with van der Waals surface area (Å²) in [6.45, 7) is 2.85. The molecule has 0 spiro atoms. The Kier molecular flexibility index (Phi) is 5.09. The van der Waals surface area contributed by atoms with E-state index in [0.717, 1.165) is 38.0 Å². The van der Waals surface area contributed by atoms with Crippen LogP contribution in [0.3, 0.4) is 0 Å². The Morgan fingerprint density at radius 2 is 1.48 bits per heavy atom. The maximum absolute atomic E-state index is 6.15. The number of hydrogen-bond acceptors (Lipinski definition) is 3. The molecular weight excluding hydrogens is 360 g/mol. The number of benzene rings is 4. The van der Waals surface area contributed by atoms with Gasteiger partial charge in [-0.3, -0.25) is 0 Å². The van der Waals surface area contributed by atoms with Crippen molar-refractivity contribution >= 4 is 32.3 Å². The van der Waals surface area contributed by atoms with Gasteiger partial charge >= 0.3 is 0 Å². The molecule has 1 aliphatic heterocycles. The second kappa shape index (κ2) is 8.02. The standard InChI is InChI=1S/C26H26O3/c1-2-25(29-26-9-5-6-12-27-26)28-24-11-10-20-15-21-13-18-7-3-4-8-19(18)14-22(21)16-23(20)17-24/h3-4,7-8,10-11,13-17,25-26H,2,5-6,9,12H2,1H3. The van der Waals surface area contributed by atoms with E-state index in [2.05, 4.69) is 67.6 Å². The average Bonchev–Trinajstić information content (AvgIpc) is 2.76. The summed E-state index contributed by atoms with van der Waals surface area (Å²) >= 11 is 0. The molecule has 1 heterocycles. The van der Waals surface area contributed by atoms with Crippen molar-refractivity contribution in [3.63, 3.8) is 0 Å². The molecule has 5 rings (SSSR count). The molecule has 0 radical (unpaired) electrons. The Bertz CT molecular complexity index is 1140. The van der Waals surface area contributed by atoms with Crippen molar-refractivity contribution in [3.05, 3.63) is 66.7 Å². The molecule has 0 aromatic heterocycles. The van der Waals surface area contributed by atoms with Crippen LogP contribution >= 0.6 is 0 Å². The molecule has 0 N–H and O–H groups in total. The fraction of sp³-hybridized carbons (Fsp3) is 0.308. The van der Waals surface area contributed by atoms with Crippen molar-refractivity contribution in [1.29, 1.82) is 0 Å². The molecule has 29 heavy (non-hydrogen) atoms. The summed E-state index contributed by atoms with van der Waals surface area (Å²) in [5.41, 5.74) is 0. The van der Waals surface area contributed by atoms with Gasteiger partial charge in [0.25, 0.3) is 0 Å². The number of hydrogen-bond donors (Lipinski definition) is 0. The molecule has 4 aromatic rings. The first-order chi connectivity index (χ1) is 14.3. The largest absolute Gasteiger partial charge is 0.465 e. The highest BCUT2D eigenvalue weighted by atomic mass is 16.8. The molecule has 0 amide bonds. The van der Waals surface area contributed by atoms with Crippen LogP contribution in [0.25, 0.3) is 32.3 Å². The molecule has 0 saturated carbocycles. The molecule has 1 fully saturated rings. The van der Waals surface area contributed by atoms with Crippen LogP contribution in [0.5, 0.6) is 5.75 Å². The zero-order valence-corrected chi connectivity index (χ0v) is 16.8. The van der Waals surface area contributed by atoms with Crippen molar-refractivity contribution in [2.24, 2.45) is 0 Å². The van der Waals surface area contributed by atoms with E-state index in [4.69, 9.17) is 14.2 Å². The van der Waals surface area contributed by atoms with E-state index in [1.165, 1.54) is 32.3 Å². The lowest BCUT2D eigenvalue weighted by Gasteiger charge is -2.27. The van der Waals surface area contributed by atoms with Crippen LogP contribution in [0.4, 0.5) is 0 Å². The van der Waals surface area contributed by atoms with Crippen LogP contribution in [0, 0.1) is 0 Å². The summed E-state index contributed by atoms with van der Waals surface area (Å²) in [6.07, 6.45) is 3.55. The van der Waals surface area contributed by atoms with Gasteiger partial charge in [0, 0.05) is 13.0 Å². The van der Waals surface area contributed by atoms with Crippen LogP contribution in [-0.4, -0.2) is 19.2 Å². The topological polar surface area (TPSA) is 27.7 Å². The Hall–Kier alpha value is -2.62. The summed E-state index contributed by atoms with van der Waals surface area (Å²) < 4.78 is 17.9. The monoisotopic (exact) mass is 386 g/mol. The van der Waals surface area contributed by atoms with Gasteiger partial charge in [-0.05, 0) is 88.0 Å². The Balaban J connectivity index is 1.43. The van der Waals surface area contributed by atoms with Crippen LogP contribution in [0.1, 0.15) is 32.6 Å². The fourth-order valence-corrected chi connectivity index (χ4v) is 4.09. The third kappa shape index (κ3) is 3.93. The second-order valence-electron chi connectivity index (χ2n) is 7.80. The third-order valence-corrected chi connectivity index (χ3v) is 5.67. The summed E-state index contributed by atoms with van der Waals surface area (Å²) in [4.78, 5) is 0. The summed E-state index contributed by atoms with van der Waals surface area (Å²) in [7, 11) is 0. The van der Waals surface area contributed by atoms with Gasteiger partial charge in [-0.1, -0.05) is 37.3 Å². The predicted octanol–water partition coefficient (Wildman–Crippen LogP) is 6.80.